The van der Waals surface area contributed by atoms with Gasteiger partial charge in [-0.25, -0.2) is 15.0 Å². The number of aliphatic hydroxyl groups is 1. The van der Waals surface area contributed by atoms with Crippen LogP contribution in [0.1, 0.15) is 43.1 Å². The van der Waals surface area contributed by atoms with Gasteiger partial charge in [-0.15, -0.1) is 0 Å². The molecule has 1 fully saturated rings. The summed E-state index contributed by atoms with van der Waals surface area (Å²) in [6.07, 6.45) is 2.91. The first-order valence-electron chi connectivity index (χ1n) is 10.3. The largest absolute Gasteiger partial charge is 0.426 e. The van der Waals surface area contributed by atoms with Crippen molar-refractivity contribution in [3.8, 4) is 5.95 Å². The van der Waals surface area contributed by atoms with Crippen LogP contribution >= 0.6 is 0 Å². The Balaban J connectivity index is 1.40. The second-order valence-electron chi connectivity index (χ2n) is 8.15. The molecule has 0 radical (unpaired) electrons. The summed E-state index contributed by atoms with van der Waals surface area (Å²) in [5, 5.41) is 14.7. The molecule has 0 saturated heterocycles. The molecule has 3 heterocycles. The average molecular weight is 465 g/mol. The molecule has 1 aliphatic carbocycles. The summed E-state index contributed by atoms with van der Waals surface area (Å²) in [5.41, 5.74) is -2.27. The summed E-state index contributed by atoms with van der Waals surface area (Å²) in [6, 6.07) is 0.949. The van der Waals surface area contributed by atoms with Gasteiger partial charge in [0.05, 0.1) is 11.0 Å². The molecule has 1 atom stereocenters. The third kappa shape index (κ3) is 4.53. The van der Waals surface area contributed by atoms with Gasteiger partial charge in [-0.2, -0.15) is 13.2 Å². The number of imidazole rings is 1. The number of nitrogens with zero attached hydrogens (tertiary/aromatic N) is 4. The third-order valence-electron chi connectivity index (χ3n) is 5.74. The van der Waals surface area contributed by atoms with Gasteiger partial charge < -0.3 is 20.7 Å². The smallest absolute Gasteiger partial charge is 0.373 e. The van der Waals surface area contributed by atoms with E-state index in [2.05, 4.69) is 30.6 Å². The molecule has 4 rings (SSSR count). The number of nitrogens with one attached hydrogen (secondary N) is 3. The Morgan fingerprint density at radius 3 is 2.42 bits per heavy atom. The molecule has 0 aliphatic heterocycles. The molecule has 4 N–H and O–H groups in total. The lowest BCUT2D eigenvalue weighted by Crippen LogP contribution is -2.57. The highest BCUT2D eigenvalue weighted by atomic mass is 19.4. The van der Waals surface area contributed by atoms with Gasteiger partial charge in [0.25, 0.3) is 11.8 Å². The van der Waals surface area contributed by atoms with Gasteiger partial charge >= 0.3 is 6.18 Å². The second-order valence-corrected chi connectivity index (χ2v) is 8.15. The van der Waals surface area contributed by atoms with Gasteiger partial charge in [0.1, 0.15) is 6.33 Å². The zero-order valence-corrected chi connectivity index (χ0v) is 17.6. The first kappa shape index (κ1) is 22.7. The maximum absolute atomic E-state index is 13.0. The van der Waals surface area contributed by atoms with Crippen molar-refractivity contribution in [2.45, 2.75) is 56.5 Å². The van der Waals surface area contributed by atoms with Crippen molar-refractivity contribution in [3.05, 3.63) is 36.7 Å². The Labute approximate surface area is 185 Å². The highest BCUT2D eigenvalue weighted by molar-refractivity contribution is 6.03. The van der Waals surface area contributed by atoms with E-state index >= 15 is 0 Å². The number of amides is 2. The molecule has 2 amide bonds. The minimum atomic E-state index is -5.07. The molecule has 33 heavy (non-hydrogen) atoms. The SMILES string of the molecule is CC(O)(C(=O)N[C@H]1CC[C@H](NC(=O)c2nc(-n3ccnc3)nc3cc[nH]c23)CC1)C(F)(F)F. The number of carbonyl (C=O) groups excluding carboxylic acids is 2. The average Bonchev–Trinajstić information content (AvgIpc) is 3.45. The van der Waals surface area contributed by atoms with Crippen LogP contribution in [0, 0.1) is 0 Å². The van der Waals surface area contributed by atoms with Crippen LogP contribution < -0.4 is 10.6 Å². The van der Waals surface area contributed by atoms with Gasteiger partial charge in [0.15, 0.2) is 5.69 Å². The Kier molecular flexibility index (Phi) is 5.82. The molecule has 0 bridgehead atoms. The highest BCUT2D eigenvalue weighted by Gasteiger charge is 2.56. The normalized spacial score (nSPS) is 20.9. The number of carbonyl (C=O) groups is 2. The summed E-state index contributed by atoms with van der Waals surface area (Å²) >= 11 is 0. The lowest BCUT2D eigenvalue weighted by atomic mass is 9.90. The molecule has 1 saturated carbocycles. The van der Waals surface area contributed by atoms with Crippen molar-refractivity contribution < 1.29 is 27.9 Å². The minimum absolute atomic E-state index is 0.158. The van der Waals surface area contributed by atoms with Crippen LogP contribution in [0.2, 0.25) is 0 Å². The highest BCUT2D eigenvalue weighted by Crippen LogP contribution is 2.31. The molecule has 0 aromatic carbocycles. The first-order chi connectivity index (χ1) is 15.6. The fraction of sp³-hybridized carbons (Fsp3) is 0.450. The number of aromatic amines is 1. The fourth-order valence-corrected chi connectivity index (χ4v) is 3.68. The van der Waals surface area contributed by atoms with E-state index < -0.39 is 29.6 Å². The summed E-state index contributed by atoms with van der Waals surface area (Å²) in [4.78, 5) is 40.5. The zero-order chi connectivity index (χ0) is 23.8. The van der Waals surface area contributed by atoms with Gasteiger partial charge in [-0.1, -0.05) is 0 Å². The summed E-state index contributed by atoms with van der Waals surface area (Å²) in [5.74, 6) is -1.61. The molecule has 1 unspecified atom stereocenters. The molecule has 10 nitrogen and oxygen atoms in total. The van der Waals surface area contributed by atoms with Crippen LogP contribution in [0.15, 0.2) is 31.0 Å². The number of aromatic nitrogens is 5. The van der Waals surface area contributed by atoms with Crippen molar-refractivity contribution in [2.75, 3.05) is 0 Å². The predicted octanol–water partition coefficient (Wildman–Crippen LogP) is 1.61. The molecule has 0 spiro atoms. The van der Waals surface area contributed by atoms with Crippen molar-refractivity contribution in [3.63, 3.8) is 0 Å². The molecule has 1 aliphatic rings. The van der Waals surface area contributed by atoms with Crippen LogP contribution in [-0.2, 0) is 4.79 Å². The van der Waals surface area contributed by atoms with E-state index in [1.807, 2.05) is 0 Å². The first-order valence-corrected chi connectivity index (χ1v) is 10.3. The van der Waals surface area contributed by atoms with E-state index in [1.165, 1.54) is 6.33 Å². The van der Waals surface area contributed by atoms with E-state index in [9.17, 15) is 27.9 Å². The van der Waals surface area contributed by atoms with E-state index in [-0.39, 0.29) is 17.7 Å². The van der Waals surface area contributed by atoms with Crippen molar-refractivity contribution in [1.82, 2.24) is 35.1 Å². The maximum Gasteiger partial charge on any atom is 0.426 e. The molecule has 13 heteroatoms. The van der Waals surface area contributed by atoms with Gasteiger partial charge in [0, 0.05) is 30.7 Å². The van der Waals surface area contributed by atoms with Crippen LogP contribution in [0.25, 0.3) is 17.0 Å². The molecular formula is C20H22F3N7O3. The number of halogens is 3. The van der Waals surface area contributed by atoms with E-state index in [4.69, 9.17) is 0 Å². The predicted molar refractivity (Wildman–Crippen MR) is 109 cm³/mol. The number of hydrogen-bond acceptors (Lipinski definition) is 6. The molecule has 3 aromatic heterocycles. The van der Waals surface area contributed by atoms with Crippen LogP contribution in [-0.4, -0.2) is 65.3 Å². The topological polar surface area (TPSA) is 138 Å². The zero-order valence-electron chi connectivity index (χ0n) is 17.6. The van der Waals surface area contributed by atoms with Crippen LogP contribution in [0.5, 0.6) is 0 Å². The van der Waals surface area contributed by atoms with E-state index in [0.717, 1.165) is 0 Å². The number of alkyl halides is 3. The monoisotopic (exact) mass is 465 g/mol. The summed E-state index contributed by atoms with van der Waals surface area (Å²) in [6.45, 7) is 0.426. The standard InChI is InChI=1S/C20H22F3N7O3/c1-19(33,20(21,22)23)17(32)27-12-4-2-11(3-5-12)26-16(31)15-14-13(6-7-25-14)28-18(29-15)30-9-8-24-10-30/h6-12,25,33H,2-5H2,1H3,(H,26,31)(H,27,32)/t11-,12-,19?. The van der Waals surface area contributed by atoms with Crippen LogP contribution in [0.4, 0.5) is 13.2 Å². The van der Waals surface area contributed by atoms with E-state index in [1.54, 1.807) is 29.2 Å². The third-order valence-corrected chi connectivity index (χ3v) is 5.74. The Morgan fingerprint density at radius 1 is 1.15 bits per heavy atom. The summed E-state index contributed by atoms with van der Waals surface area (Å²) in [7, 11) is 0. The van der Waals surface area contributed by atoms with Gasteiger partial charge in [-0.05, 0) is 38.7 Å². The Bertz CT molecular complexity index is 1150. The van der Waals surface area contributed by atoms with Crippen molar-refractivity contribution >= 4 is 22.8 Å². The quantitative estimate of drug-likeness (QED) is 0.452. The van der Waals surface area contributed by atoms with Crippen molar-refractivity contribution in [1.29, 1.82) is 0 Å². The molecule has 176 valence electrons. The molecule has 3 aromatic rings. The Morgan fingerprint density at radius 2 is 1.82 bits per heavy atom. The number of H-pyrrole nitrogens is 1. The number of hydrogen-bond donors (Lipinski definition) is 4. The van der Waals surface area contributed by atoms with Crippen LogP contribution in [0.3, 0.4) is 0 Å². The van der Waals surface area contributed by atoms with Crippen molar-refractivity contribution in [2.24, 2.45) is 0 Å². The minimum Gasteiger partial charge on any atom is -0.373 e. The van der Waals surface area contributed by atoms with Gasteiger partial charge in [0.2, 0.25) is 11.5 Å². The lowest BCUT2D eigenvalue weighted by molar-refractivity contribution is -0.245. The Hall–Kier alpha value is -3.48. The lowest BCUT2D eigenvalue weighted by Gasteiger charge is -2.32. The fourth-order valence-electron chi connectivity index (χ4n) is 3.68. The number of fused-ring (bicyclic) bond motifs is 1. The second kappa shape index (κ2) is 8.46. The van der Waals surface area contributed by atoms with E-state index in [0.29, 0.717) is 43.6 Å². The van der Waals surface area contributed by atoms with Gasteiger partial charge in [-0.3, -0.25) is 14.2 Å². The number of rotatable bonds is 5. The maximum atomic E-state index is 13.0. The molecular weight excluding hydrogens is 443 g/mol. The summed E-state index contributed by atoms with van der Waals surface area (Å²) < 4.78 is 40.1.